The fraction of sp³-hybridized carbons (Fsp3) is 0.125. The van der Waals surface area contributed by atoms with Crippen molar-refractivity contribution < 1.29 is 14.6 Å². The molecule has 13 heavy (non-hydrogen) atoms. The Morgan fingerprint density at radius 1 is 1.77 bits per heavy atom. The third kappa shape index (κ3) is 3.08. The molecule has 1 heterocycles. The van der Waals surface area contributed by atoms with Crippen LogP contribution in [-0.4, -0.2) is 17.7 Å². The summed E-state index contributed by atoms with van der Waals surface area (Å²) in [6.45, 7) is 0.347. The highest BCUT2D eigenvalue weighted by molar-refractivity contribution is 7.12. The van der Waals surface area contributed by atoms with Gasteiger partial charge >= 0.3 is 5.97 Å². The lowest BCUT2D eigenvalue weighted by molar-refractivity contribution is 0.0702. The third-order valence-electron chi connectivity index (χ3n) is 1.22. The largest absolute Gasteiger partial charge is 0.489 e. The van der Waals surface area contributed by atoms with Crippen LogP contribution in [-0.2, 0) is 0 Å². The molecule has 1 rings (SSSR count). The maximum atomic E-state index is 10.5. The van der Waals surface area contributed by atoms with Crippen molar-refractivity contribution in [2.24, 2.45) is 0 Å². The van der Waals surface area contributed by atoms with E-state index in [9.17, 15) is 4.79 Å². The molecule has 0 fully saturated rings. The number of aromatic carboxylic acids is 1. The van der Waals surface area contributed by atoms with E-state index in [2.05, 4.69) is 0 Å². The van der Waals surface area contributed by atoms with Crippen LogP contribution in [0, 0.1) is 0 Å². The number of thiophene rings is 1. The van der Waals surface area contributed by atoms with E-state index in [-0.39, 0.29) is 4.88 Å². The molecule has 0 radical (unpaired) electrons. The molecule has 0 unspecified atom stereocenters. The first-order chi connectivity index (χ1) is 6.24. The van der Waals surface area contributed by atoms with Crippen LogP contribution in [0.15, 0.2) is 23.1 Å². The van der Waals surface area contributed by atoms with Gasteiger partial charge in [0.2, 0.25) is 0 Å². The molecule has 0 amide bonds. The van der Waals surface area contributed by atoms with Gasteiger partial charge in [0.15, 0.2) is 0 Å². The Morgan fingerprint density at radius 2 is 2.54 bits per heavy atom. The van der Waals surface area contributed by atoms with E-state index in [0.29, 0.717) is 12.4 Å². The molecule has 3 nitrogen and oxygen atoms in total. The van der Waals surface area contributed by atoms with Gasteiger partial charge < -0.3 is 9.84 Å². The molecule has 0 saturated heterocycles. The molecule has 0 bridgehead atoms. The van der Waals surface area contributed by atoms with E-state index in [1.54, 1.807) is 11.5 Å². The normalized spacial score (nSPS) is 10.5. The van der Waals surface area contributed by atoms with E-state index < -0.39 is 5.97 Å². The molecule has 0 spiro atoms. The fourth-order valence-corrected chi connectivity index (χ4v) is 1.42. The predicted octanol–water partition coefficient (Wildman–Crippen LogP) is 2.58. The van der Waals surface area contributed by atoms with E-state index in [4.69, 9.17) is 21.4 Å². The van der Waals surface area contributed by atoms with Crippen molar-refractivity contribution in [3.8, 4) is 5.75 Å². The van der Waals surface area contributed by atoms with E-state index in [0.717, 1.165) is 11.3 Å². The Hall–Kier alpha value is -1.000. The lowest BCUT2D eigenvalue weighted by Gasteiger charge is -1.96. The molecule has 1 aromatic rings. The maximum absolute atomic E-state index is 10.5. The molecule has 0 atom stereocenters. The SMILES string of the molecule is O=C(O)c1cc(OCC=CCl)cs1. The highest BCUT2D eigenvalue weighted by Crippen LogP contribution is 2.21. The van der Waals surface area contributed by atoms with Crippen LogP contribution < -0.4 is 4.74 Å². The number of halogens is 1. The van der Waals surface area contributed by atoms with Crippen molar-refractivity contribution in [2.45, 2.75) is 0 Å². The van der Waals surface area contributed by atoms with Gasteiger partial charge in [-0.3, -0.25) is 0 Å². The zero-order valence-corrected chi connectivity index (χ0v) is 8.14. The smallest absolute Gasteiger partial charge is 0.346 e. The molecule has 0 aliphatic carbocycles. The first-order valence-corrected chi connectivity index (χ1v) is 4.75. The monoisotopic (exact) mass is 218 g/mol. The van der Waals surface area contributed by atoms with Crippen LogP contribution in [0.3, 0.4) is 0 Å². The van der Waals surface area contributed by atoms with E-state index in [1.165, 1.54) is 11.6 Å². The second-order valence-electron chi connectivity index (χ2n) is 2.12. The summed E-state index contributed by atoms with van der Waals surface area (Å²) in [7, 11) is 0. The topological polar surface area (TPSA) is 46.5 Å². The number of ether oxygens (including phenoxy) is 1. The average Bonchev–Trinajstić information content (AvgIpc) is 2.53. The van der Waals surface area contributed by atoms with Gasteiger partial charge in [-0.05, 0) is 6.08 Å². The predicted molar refractivity (Wildman–Crippen MR) is 51.8 cm³/mol. The Morgan fingerprint density at radius 3 is 3.08 bits per heavy atom. The number of rotatable bonds is 4. The quantitative estimate of drug-likeness (QED) is 0.845. The second kappa shape index (κ2) is 4.89. The first kappa shape index (κ1) is 10.1. The third-order valence-corrected chi connectivity index (χ3v) is 2.30. The van der Waals surface area contributed by atoms with Gasteiger partial charge in [-0.2, -0.15) is 0 Å². The fourth-order valence-electron chi connectivity index (χ4n) is 0.687. The lowest BCUT2D eigenvalue weighted by atomic mass is 10.4. The van der Waals surface area contributed by atoms with Gasteiger partial charge in [-0.1, -0.05) is 11.6 Å². The van der Waals surface area contributed by atoms with Crippen LogP contribution >= 0.6 is 22.9 Å². The molecule has 1 N–H and O–H groups in total. The highest BCUT2D eigenvalue weighted by atomic mass is 35.5. The summed E-state index contributed by atoms with van der Waals surface area (Å²) in [5, 5.41) is 10.2. The summed E-state index contributed by atoms with van der Waals surface area (Å²) >= 11 is 6.41. The van der Waals surface area contributed by atoms with Gasteiger partial charge in [0.05, 0.1) is 0 Å². The minimum Gasteiger partial charge on any atom is -0.489 e. The van der Waals surface area contributed by atoms with Crippen molar-refractivity contribution in [2.75, 3.05) is 6.61 Å². The summed E-state index contributed by atoms with van der Waals surface area (Å²) < 4.78 is 5.15. The molecule has 70 valence electrons. The van der Waals surface area contributed by atoms with Crippen molar-refractivity contribution in [3.63, 3.8) is 0 Å². The summed E-state index contributed by atoms with van der Waals surface area (Å²) in [6, 6.07) is 1.48. The van der Waals surface area contributed by atoms with Crippen molar-refractivity contribution in [1.82, 2.24) is 0 Å². The summed E-state index contributed by atoms with van der Waals surface area (Å²) in [5.74, 6) is -0.384. The van der Waals surface area contributed by atoms with Crippen LogP contribution in [0.2, 0.25) is 0 Å². The average molecular weight is 219 g/mol. The van der Waals surface area contributed by atoms with Crippen molar-refractivity contribution in [1.29, 1.82) is 0 Å². The van der Waals surface area contributed by atoms with Crippen molar-refractivity contribution >= 4 is 28.9 Å². The van der Waals surface area contributed by atoms with E-state index >= 15 is 0 Å². The van der Waals surface area contributed by atoms with Crippen LogP contribution in [0.25, 0.3) is 0 Å². The zero-order valence-electron chi connectivity index (χ0n) is 6.57. The molecule has 1 aromatic heterocycles. The molecule has 0 saturated carbocycles. The molecular weight excluding hydrogens is 212 g/mol. The van der Waals surface area contributed by atoms with Crippen molar-refractivity contribution in [3.05, 3.63) is 27.9 Å². The Kier molecular flexibility index (Phi) is 3.79. The lowest BCUT2D eigenvalue weighted by Crippen LogP contribution is -1.92. The molecular formula is C8H7ClO3S. The Balaban J connectivity index is 2.54. The highest BCUT2D eigenvalue weighted by Gasteiger charge is 2.06. The summed E-state index contributed by atoms with van der Waals surface area (Å²) in [6.07, 6.45) is 1.62. The zero-order chi connectivity index (χ0) is 9.68. The number of carboxylic acids is 1. The Labute approximate surface area is 84.2 Å². The van der Waals surface area contributed by atoms with E-state index in [1.807, 2.05) is 0 Å². The number of hydrogen-bond acceptors (Lipinski definition) is 3. The van der Waals surface area contributed by atoms with Gasteiger partial charge in [0.1, 0.15) is 17.2 Å². The number of carbonyl (C=O) groups is 1. The molecule has 5 heteroatoms. The number of hydrogen-bond donors (Lipinski definition) is 1. The first-order valence-electron chi connectivity index (χ1n) is 3.44. The van der Waals surface area contributed by atoms with Gasteiger partial charge in [0.25, 0.3) is 0 Å². The minimum atomic E-state index is -0.937. The minimum absolute atomic E-state index is 0.268. The van der Waals surface area contributed by atoms with Crippen LogP contribution in [0.4, 0.5) is 0 Å². The van der Waals surface area contributed by atoms with Gasteiger partial charge in [-0.25, -0.2) is 4.79 Å². The number of carboxylic acid groups (broad SMARTS) is 1. The summed E-state index contributed by atoms with van der Waals surface area (Å²) in [4.78, 5) is 10.7. The Bertz CT molecular complexity index is 319. The molecule has 0 aromatic carbocycles. The maximum Gasteiger partial charge on any atom is 0.346 e. The molecule has 0 aliphatic rings. The van der Waals surface area contributed by atoms with Gasteiger partial charge in [0, 0.05) is 17.0 Å². The second-order valence-corrected chi connectivity index (χ2v) is 3.29. The summed E-state index contributed by atoms with van der Waals surface area (Å²) in [5.41, 5.74) is 1.35. The van der Waals surface area contributed by atoms with Crippen LogP contribution in [0.5, 0.6) is 5.75 Å². The van der Waals surface area contributed by atoms with Crippen LogP contribution in [0.1, 0.15) is 9.67 Å². The molecule has 0 aliphatic heterocycles. The van der Waals surface area contributed by atoms with Gasteiger partial charge in [-0.15, -0.1) is 11.3 Å². The standard InChI is InChI=1S/C8H7ClO3S/c9-2-1-3-12-6-4-7(8(10)11)13-5-6/h1-2,4-5H,3H2,(H,10,11).